The van der Waals surface area contributed by atoms with E-state index in [2.05, 4.69) is 20.5 Å². The lowest BCUT2D eigenvalue weighted by molar-refractivity contribution is -0.291. The Morgan fingerprint density at radius 2 is 1.61 bits per heavy atom. The maximum absolute atomic E-state index is 14.5. The van der Waals surface area contributed by atoms with Crippen molar-refractivity contribution in [2.24, 2.45) is 0 Å². The fourth-order valence-electron chi connectivity index (χ4n) is 3.69. The van der Waals surface area contributed by atoms with Crippen LogP contribution >= 0.6 is 0 Å². The van der Waals surface area contributed by atoms with Crippen LogP contribution in [0.3, 0.4) is 0 Å². The predicted octanol–water partition coefficient (Wildman–Crippen LogP) is 5.69. The third-order valence-electron chi connectivity index (χ3n) is 5.55. The largest absolute Gasteiger partial charge is 0.459 e. The first-order chi connectivity index (χ1) is 18.0. The summed E-state index contributed by atoms with van der Waals surface area (Å²) in [5.41, 5.74) is -1.71. The molecule has 1 amide bonds. The Morgan fingerprint density at radius 3 is 2.29 bits per heavy atom. The molecule has 0 atom stereocenters. The molecule has 0 saturated heterocycles. The number of nitrogens with zero attached hydrogens (tertiary/aromatic N) is 5. The highest BCUT2D eigenvalue weighted by atomic mass is 19.4. The first-order valence-electron chi connectivity index (χ1n) is 11.0. The Hall–Kier alpha value is -4.68. The number of fused-ring (bicyclic) bond motifs is 1. The SMILES string of the molecule is O=C(Nc1ccn(Cc2ccccc2)n1)c1cc2nc(-c3ccc(F)cc3)cc(C(F)(F)C(F)(F)F)n2n1. The normalized spacial score (nSPS) is 12.2. The average Bonchev–Trinajstić information content (AvgIpc) is 3.50. The molecule has 38 heavy (non-hydrogen) atoms. The lowest BCUT2D eigenvalue weighted by Gasteiger charge is -2.21. The fraction of sp³-hybridized carbons (Fsp3) is 0.120. The van der Waals surface area contributed by atoms with Crippen LogP contribution in [0.4, 0.5) is 32.2 Å². The molecule has 7 nitrogen and oxygen atoms in total. The Balaban J connectivity index is 1.49. The van der Waals surface area contributed by atoms with Gasteiger partial charge in [0, 0.05) is 23.9 Å². The third-order valence-corrected chi connectivity index (χ3v) is 5.55. The number of hydrogen-bond acceptors (Lipinski definition) is 4. The van der Waals surface area contributed by atoms with Gasteiger partial charge in [0.05, 0.1) is 12.2 Å². The second kappa shape index (κ2) is 9.32. The summed E-state index contributed by atoms with van der Waals surface area (Å²) in [4.78, 5) is 16.9. The van der Waals surface area contributed by atoms with Crippen LogP contribution in [0.5, 0.6) is 0 Å². The number of rotatable bonds is 6. The van der Waals surface area contributed by atoms with Gasteiger partial charge < -0.3 is 5.32 Å². The van der Waals surface area contributed by atoms with Crippen molar-refractivity contribution in [2.45, 2.75) is 18.6 Å². The Labute approximate surface area is 210 Å². The van der Waals surface area contributed by atoms with E-state index >= 15 is 0 Å². The van der Waals surface area contributed by atoms with Crippen molar-refractivity contribution in [2.75, 3.05) is 5.32 Å². The molecule has 13 heteroatoms. The molecule has 2 aromatic carbocycles. The van der Waals surface area contributed by atoms with Crippen LogP contribution in [0.1, 0.15) is 21.7 Å². The van der Waals surface area contributed by atoms with Gasteiger partial charge in [0.2, 0.25) is 0 Å². The average molecular weight is 530 g/mol. The van der Waals surface area contributed by atoms with Crippen LogP contribution in [-0.2, 0) is 12.5 Å². The number of benzene rings is 2. The zero-order chi connectivity index (χ0) is 27.1. The predicted molar refractivity (Wildman–Crippen MR) is 124 cm³/mol. The number of carbonyl (C=O) groups excluding carboxylic acids is 1. The number of halogens is 6. The molecule has 0 fully saturated rings. The molecule has 0 aliphatic carbocycles. The van der Waals surface area contributed by atoms with Crippen molar-refractivity contribution in [3.63, 3.8) is 0 Å². The van der Waals surface area contributed by atoms with E-state index < -0.39 is 40.9 Å². The molecule has 5 aromatic rings. The molecule has 0 unspecified atom stereocenters. The summed E-state index contributed by atoms with van der Waals surface area (Å²) < 4.78 is 84.0. The molecule has 3 heterocycles. The Morgan fingerprint density at radius 1 is 0.895 bits per heavy atom. The first-order valence-corrected chi connectivity index (χ1v) is 11.0. The fourth-order valence-corrected chi connectivity index (χ4v) is 3.69. The first kappa shape index (κ1) is 25.0. The summed E-state index contributed by atoms with van der Waals surface area (Å²) in [7, 11) is 0. The highest BCUT2D eigenvalue weighted by Gasteiger charge is 2.60. The molecule has 0 radical (unpaired) electrons. The number of carbonyl (C=O) groups is 1. The van der Waals surface area contributed by atoms with Gasteiger partial charge in [-0.3, -0.25) is 9.48 Å². The highest BCUT2D eigenvalue weighted by Crippen LogP contribution is 2.44. The van der Waals surface area contributed by atoms with Crippen molar-refractivity contribution in [3.05, 3.63) is 102 Å². The minimum absolute atomic E-state index is 0.0873. The van der Waals surface area contributed by atoms with Gasteiger partial charge in [0.25, 0.3) is 5.91 Å². The minimum Gasteiger partial charge on any atom is -0.304 e. The zero-order valence-electron chi connectivity index (χ0n) is 19.1. The number of alkyl halides is 5. The molecule has 0 bridgehead atoms. The van der Waals surface area contributed by atoms with E-state index in [1.807, 2.05) is 30.3 Å². The minimum atomic E-state index is -5.96. The molecule has 0 aliphatic heterocycles. The Kier molecular flexibility index (Phi) is 6.13. The van der Waals surface area contributed by atoms with Gasteiger partial charge in [0.15, 0.2) is 17.2 Å². The van der Waals surface area contributed by atoms with Crippen LogP contribution in [0.2, 0.25) is 0 Å². The number of hydrogen-bond donors (Lipinski definition) is 1. The van der Waals surface area contributed by atoms with Gasteiger partial charge in [-0.25, -0.2) is 13.9 Å². The zero-order valence-corrected chi connectivity index (χ0v) is 19.1. The van der Waals surface area contributed by atoms with E-state index in [1.54, 1.807) is 10.9 Å². The number of nitrogens with one attached hydrogen (secondary N) is 1. The van der Waals surface area contributed by atoms with Crippen LogP contribution in [0.15, 0.2) is 79.0 Å². The monoisotopic (exact) mass is 530 g/mol. The van der Waals surface area contributed by atoms with Gasteiger partial charge in [-0.2, -0.15) is 32.1 Å². The van der Waals surface area contributed by atoms with Gasteiger partial charge >= 0.3 is 12.1 Å². The van der Waals surface area contributed by atoms with E-state index in [9.17, 15) is 31.1 Å². The summed E-state index contributed by atoms with van der Waals surface area (Å²) in [5, 5.41) is 10.3. The number of amides is 1. The maximum Gasteiger partial charge on any atom is 0.459 e. The standard InChI is InChI=1S/C25H16F6N6O/c26-17-8-6-16(7-9-17)18-12-20(24(27,28)25(29,30)31)37-22(32-18)13-19(34-37)23(38)33-21-10-11-36(35-21)14-15-4-2-1-3-5-15/h1-13H,14H2,(H,33,35,38). The summed E-state index contributed by atoms with van der Waals surface area (Å²) in [6, 6.07) is 16.7. The van der Waals surface area contributed by atoms with Crippen LogP contribution in [0, 0.1) is 5.82 Å². The maximum atomic E-state index is 14.5. The van der Waals surface area contributed by atoms with Crippen LogP contribution < -0.4 is 5.32 Å². The second-order valence-corrected chi connectivity index (χ2v) is 8.24. The number of aromatic nitrogens is 5. The van der Waals surface area contributed by atoms with Crippen LogP contribution in [-0.4, -0.2) is 36.5 Å². The quantitative estimate of drug-likeness (QED) is 0.287. The summed E-state index contributed by atoms with van der Waals surface area (Å²) in [5.74, 6) is -6.75. The molecule has 5 rings (SSSR count). The van der Waals surface area contributed by atoms with Crippen LogP contribution in [0.25, 0.3) is 16.9 Å². The second-order valence-electron chi connectivity index (χ2n) is 8.24. The highest BCUT2D eigenvalue weighted by molar-refractivity contribution is 6.03. The van der Waals surface area contributed by atoms with E-state index in [0.29, 0.717) is 12.6 Å². The van der Waals surface area contributed by atoms with Crippen molar-refractivity contribution in [1.29, 1.82) is 0 Å². The van der Waals surface area contributed by atoms with Crippen molar-refractivity contribution in [1.82, 2.24) is 24.4 Å². The number of anilines is 1. The third kappa shape index (κ3) is 4.82. The van der Waals surface area contributed by atoms with Crippen molar-refractivity contribution >= 4 is 17.4 Å². The van der Waals surface area contributed by atoms with Gasteiger partial charge in [-0.05, 0) is 35.9 Å². The lowest BCUT2D eigenvalue weighted by Crippen LogP contribution is -2.36. The molecular formula is C25H16F6N6O. The van der Waals surface area contributed by atoms with E-state index in [-0.39, 0.29) is 21.6 Å². The topological polar surface area (TPSA) is 77.1 Å². The molecule has 0 aliphatic rings. The van der Waals surface area contributed by atoms with Crippen molar-refractivity contribution < 1.29 is 31.1 Å². The summed E-state index contributed by atoms with van der Waals surface area (Å²) in [6.07, 6.45) is -4.36. The lowest BCUT2D eigenvalue weighted by atomic mass is 10.1. The molecule has 194 valence electrons. The molecule has 0 spiro atoms. The van der Waals surface area contributed by atoms with E-state index in [0.717, 1.165) is 23.8 Å². The Bertz CT molecular complexity index is 1610. The van der Waals surface area contributed by atoms with Crippen molar-refractivity contribution in [3.8, 4) is 11.3 Å². The van der Waals surface area contributed by atoms with E-state index in [1.165, 1.54) is 18.2 Å². The molecular weight excluding hydrogens is 514 g/mol. The smallest absolute Gasteiger partial charge is 0.304 e. The summed E-state index contributed by atoms with van der Waals surface area (Å²) in [6.45, 7) is 0.414. The van der Waals surface area contributed by atoms with Gasteiger partial charge in [0.1, 0.15) is 11.5 Å². The molecule has 1 N–H and O–H groups in total. The molecule has 3 aromatic heterocycles. The van der Waals surface area contributed by atoms with E-state index in [4.69, 9.17) is 0 Å². The van der Waals surface area contributed by atoms with Gasteiger partial charge in [-0.15, -0.1) is 0 Å². The summed E-state index contributed by atoms with van der Waals surface area (Å²) >= 11 is 0. The van der Waals surface area contributed by atoms with Gasteiger partial charge in [-0.1, -0.05) is 30.3 Å². The molecule has 0 saturated carbocycles.